The van der Waals surface area contributed by atoms with Gasteiger partial charge in [0, 0.05) is 25.7 Å². The number of nitrogens with zero attached hydrogens (tertiary/aromatic N) is 2. The molecule has 1 unspecified atom stereocenters. The van der Waals surface area contributed by atoms with Gasteiger partial charge in [-0.15, -0.1) is 0 Å². The van der Waals surface area contributed by atoms with Gasteiger partial charge in [-0.2, -0.15) is 0 Å². The molecule has 1 atom stereocenters. The molecule has 2 nitrogen and oxygen atoms in total. The van der Waals surface area contributed by atoms with Crippen LogP contribution in [-0.2, 0) is 0 Å². The molecular weight excluding hydrogens is 220 g/mol. The molecule has 2 saturated heterocycles. The summed E-state index contributed by atoms with van der Waals surface area (Å²) in [4.78, 5) is 5.37. The standard InChI is InChI=1S/C16H32N2/c1-13(2)10-17-11-16(12-17)6-8-18(9-7-16)15(5)14(3)4/h13-15H,6-12H2,1-5H3. The van der Waals surface area contributed by atoms with Crippen LogP contribution in [0.3, 0.4) is 0 Å². The first-order chi connectivity index (χ1) is 8.42. The molecule has 1 spiro atoms. The molecule has 106 valence electrons. The topological polar surface area (TPSA) is 6.48 Å². The van der Waals surface area contributed by atoms with Gasteiger partial charge in [-0.1, -0.05) is 27.7 Å². The highest BCUT2D eigenvalue weighted by Crippen LogP contribution is 2.41. The summed E-state index contributed by atoms with van der Waals surface area (Å²) in [5.74, 6) is 1.61. The highest BCUT2D eigenvalue weighted by molar-refractivity contribution is 4.98. The number of rotatable bonds is 4. The largest absolute Gasteiger partial charge is 0.302 e. The van der Waals surface area contributed by atoms with Crippen LogP contribution in [0.5, 0.6) is 0 Å². The number of piperidine rings is 1. The summed E-state index contributed by atoms with van der Waals surface area (Å²) in [6.45, 7) is 18.5. The van der Waals surface area contributed by atoms with Crippen molar-refractivity contribution in [2.24, 2.45) is 17.3 Å². The summed E-state index contributed by atoms with van der Waals surface area (Å²) < 4.78 is 0. The van der Waals surface area contributed by atoms with Crippen molar-refractivity contribution in [2.75, 3.05) is 32.7 Å². The minimum absolute atomic E-state index is 0.697. The fourth-order valence-electron chi connectivity index (χ4n) is 3.69. The number of hydrogen-bond acceptors (Lipinski definition) is 2. The van der Waals surface area contributed by atoms with Gasteiger partial charge in [0.1, 0.15) is 0 Å². The molecule has 2 heterocycles. The lowest BCUT2D eigenvalue weighted by Crippen LogP contribution is -2.61. The van der Waals surface area contributed by atoms with E-state index in [2.05, 4.69) is 44.4 Å². The van der Waals surface area contributed by atoms with E-state index in [1.54, 1.807) is 0 Å². The highest BCUT2D eigenvalue weighted by atomic mass is 15.2. The Hall–Kier alpha value is -0.0800. The Balaban J connectivity index is 1.75. The molecule has 2 heteroatoms. The van der Waals surface area contributed by atoms with Crippen LogP contribution in [0.2, 0.25) is 0 Å². The lowest BCUT2D eigenvalue weighted by Gasteiger charge is -2.55. The van der Waals surface area contributed by atoms with Crippen LogP contribution in [0.4, 0.5) is 0 Å². The quantitative estimate of drug-likeness (QED) is 0.758. The fourth-order valence-corrected chi connectivity index (χ4v) is 3.69. The first kappa shape index (κ1) is 14.3. The molecule has 18 heavy (non-hydrogen) atoms. The van der Waals surface area contributed by atoms with Gasteiger partial charge in [-0.05, 0) is 50.1 Å². The van der Waals surface area contributed by atoms with Gasteiger partial charge in [-0.25, -0.2) is 0 Å². The highest BCUT2D eigenvalue weighted by Gasteiger charge is 2.45. The lowest BCUT2D eigenvalue weighted by atomic mass is 9.71. The van der Waals surface area contributed by atoms with Crippen molar-refractivity contribution in [1.82, 2.24) is 9.80 Å². The van der Waals surface area contributed by atoms with Crippen LogP contribution in [0.25, 0.3) is 0 Å². The lowest BCUT2D eigenvalue weighted by molar-refractivity contribution is -0.0598. The molecule has 2 fully saturated rings. The molecule has 2 aliphatic rings. The second-order valence-electron chi connectivity index (χ2n) is 7.58. The van der Waals surface area contributed by atoms with Gasteiger partial charge in [-0.3, -0.25) is 0 Å². The Labute approximate surface area is 114 Å². The van der Waals surface area contributed by atoms with Crippen molar-refractivity contribution in [3.8, 4) is 0 Å². The number of hydrogen-bond donors (Lipinski definition) is 0. The van der Waals surface area contributed by atoms with Gasteiger partial charge in [0.05, 0.1) is 0 Å². The zero-order valence-electron chi connectivity index (χ0n) is 13.1. The minimum atomic E-state index is 0.697. The predicted octanol–water partition coefficient (Wildman–Crippen LogP) is 3.08. The minimum Gasteiger partial charge on any atom is -0.302 e. The Morgan fingerprint density at radius 2 is 1.50 bits per heavy atom. The third-order valence-electron chi connectivity index (χ3n) is 5.14. The first-order valence-electron chi connectivity index (χ1n) is 7.88. The molecule has 0 bridgehead atoms. The van der Waals surface area contributed by atoms with Crippen molar-refractivity contribution < 1.29 is 0 Å². The SMILES string of the molecule is CC(C)CN1CC2(CCN(C(C)C(C)C)CC2)C1. The summed E-state index contributed by atoms with van der Waals surface area (Å²) in [7, 11) is 0. The third kappa shape index (κ3) is 3.08. The maximum absolute atomic E-state index is 2.71. The second kappa shape index (κ2) is 5.50. The molecule has 2 rings (SSSR count). The molecule has 0 saturated carbocycles. The first-order valence-corrected chi connectivity index (χ1v) is 7.88. The Morgan fingerprint density at radius 3 is 1.94 bits per heavy atom. The second-order valence-corrected chi connectivity index (χ2v) is 7.58. The maximum Gasteiger partial charge on any atom is 0.00899 e. The Bertz CT molecular complexity index is 256. The van der Waals surface area contributed by atoms with Crippen molar-refractivity contribution in [2.45, 2.75) is 53.5 Å². The third-order valence-corrected chi connectivity index (χ3v) is 5.14. The predicted molar refractivity (Wildman–Crippen MR) is 78.8 cm³/mol. The van der Waals surface area contributed by atoms with Crippen molar-refractivity contribution in [3.63, 3.8) is 0 Å². The average Bonchev–Trinajstić information content (AvgIpc) is 2.26. The summed E-state index contributed by atoms with van der Waals surface area (Å²) in [5, 5.41) is 0. The van der Waals surface area contributed by atoms with Crippen LogP contribution < -0.4 is 0 Å². The summed E-state index contributed by atoms with van der Waals surface area (Å²) in [6, 6.07) is 0.759. The van der Waals surface area contributed by atoms with E-state index in [0.29, 0.717) is 5.41 Å². The van der Waals surface area contributed by atoms with Crippen molar-refractivity contribution >= 4 is 0 Å². The van der Waals surface area contributed by atoms with E-state index in [1.165, 1.54) is 45.6 Å². The van der Waals surface area contributed by atoms with E-state index in [-0.39, 0.29) is 0 Å². The summed E-state index contributed by atoms with van der Waals surface area (Å²) >= 11 is 0. The molecular formula is C16H32N2. The molecule has 0 aromatic rings. The van der Waals surface area contributed by atoms with Crippen molar-refractivity contribution in [1.29, 1.82) is 0 Å². The van der Waals surface area contributed by atoms with Crippen LogP contribution in [0.1, 0.15) is 47.5 Å². The van der Waals surface area contributed by atoms with Gasteiger partial charge in [0.25, 0.3) is 0 Å². The summed E-state index contributed by atoms with van der Waals surface area (Å²) in [5.41, 5.74) is 0.697. The zero-order chi connectivity index (χ0) is 13.3. The smallest absolute Gasteiger partial charge is 0.00899 e. The van der Waals surface area contributed by atoms with Crippen molar-refractivity contribution in [3.05, 3.63) is 0 Å². The van der Waals surface area contributed by atoms with E-state index < -0.39 is 0 Å². The van der Waals surface area contributed by atoms with Gasteiger partial charge < -0.3 is 9.80 Å². The van der Waals surface area contributed by atoms with Crippen LogP contribution >= 0.6 is 0 Å². The summed E-state index contributed by atoms with van der Waals surface area (Å²) in [6.07, 6.45) is 2.86. The zero-order valence-corrected chi connectivity index (χ0v) is 13.1. The van der Waals surface area contributed by atoms with Crippen LogP contribution in [0.15, 0.2) is 0 Å². The molecule has 0 aromatic carbocycles. The fraction of sp³-hybridized carbons (Fsp3) is 1.00. The van der Waals surface area contributed by atoms with E-state index in [1.807, 2.05) is 0 Å². The van der Waals surface area contributed by atoms with E-state index in [9.17, 15) is 0 Å². The van der Waals surface area contributed by atoms with Crippen LogP contribution in [-0.4, -0.2) is 48.6 Å². The Kier molecular flexibility index (Phi) is 4.38. The van der Waals surface area contributed by atoms with Gasteiger partial charge >= 0.3 is 0 Å². The molecule has 2 aliphatic heterocycles. The van der Waals surface area contributed by atoms with Gasteiger partial charge in [0.15, 0.2) is 0 Å². The van der Waals surface area contributed by atoms with Gasteiger partial charge in [0.2, 0.25) is 0 Å². The molecule has 0 amide bonds. The Morgan fingerprint density at radius 1 is 0.944 bits per heavy atom. The number of likely N-dealkylation sites (tertiary alicyclic amines) is 2. The average molecular weight is 252 g/mol. The van der Waals surface area contributed by atoms with E-state index >= 15 is 0 Å². The molecule has 0 N–H and O–H groups in total. The van der Waals surface area contributed by atoms with E-state index in [0.717, 1.165) is 17.9 Å². The normalized spacial score (nSPS) is 26.8. The van der Waals surface area contributed by atoms with E-state index in [4.69, 9.17) is 0 Å². The van der Waals surface area contributed by atoms with Crippen LogP contribution in [0, 0.1) is 17.3 Å². The monoisotopic (exact) mass is 252 g/mol. The molecule has 0 aromatic heterocycles. The molecule has 0 aliphatic carbocycles. The molecule has 0 radical (unpaired) electrons. The maximum atomic E-state index is 2.71.